The van der Waals surface area contributed by atoms with Crippen molar-refractivity contribution in [3.05, 3.63) is 24.3 Å². The van der Waals surface area contributed by atoms with Crippen LogP contribution < -0.4 is 5.32 Å². The molecule has 1 N–H and O–H groups in total. The Morgan fingerprint density at radius 3 is 2.94 bits per heavy atom. The molecule has 0 aliphatic heterocycles. The minimum Gasteiger partial charge on any atom is -0.289 e. The number of tetrazole rings is 1. The molecule has 1 aromatic heterocycles. The molecular weight excluding hydrogens is 246 g/mol. The zero-order chi connectivity index (χ0) is 12.8. The van der Waals surface area contributed by atoms with E-state index in [9.17, 15) is 0 Å². The van der Waals surface area contributed by atoms with Crippen molar-refractivity contribution >= 4 is 12.6 Å². The number of unbranched alkanes of at least 4 members (excludes halogenated alkanes) is 2. The number of hydrogen-bond acceptors (Lipinski definition) is 5. The van der Waals surface area contributed by atoms with Gasteiger partial charge in [0.2, 0.25) is 5.16 Å². The molecule has 0 radical (unpaired) electrons. The lowest BCUT2D eigenvalue weighted by atomic mass is 10.0. The summed E-state index contributed by atoms with van der Waals surface area (Å²) in [4.78, 5) is 0. The Morgan fingerprint density at radius 2 is 2.33 bits per heavy atom. The van der Waals surface area contributed by atoms with Gasteiger partial charge in [-0.3, -0.25) is 5.32 Å². The van der Waals surface area contributed by atoms with Crippen LogP contribution in [0, 0.1) is 0 Å². The van der Waals surface area contributed by atoms with Crippen LogP contribution in [0.3, 0.4) is 0 Å². The van der Waals surface area contributed by atoms with Gasteiger partial charge in [-0.05, 0) is 29.5 Å². The number of allylic oxidation sites excluding steroid dienone is 2. The second kappa shape index (κ2) is 6.15. The summed E-state index contributed by atoms with van der Waals surface area (Å²) >= 11 is 4.31. The number of rotatable bonds is 6. The van der Waals surface area contributed by atoms with Gasteiger partial charge in [0.15, 0.2) is 0 Å². The summed E-state index contributed by atoms with van der Waals surface area (Å²) in [6.07, 6.45) is 12.7. The van der Waals surface area contributed by atoms with Gasteiger partial charge in [-0.1, -0.05) is 38.0 Å². The number of hydrogen-bond donors (Lipinski definition) is 2. The van der Waals surface area contributed by atoms with Crippen LogP contribution >= 0.6 is 12.6 Å². The topological polar surface area (TPSA) is 55.6 Å². The van der Waals surface area contributed by atoms with E-state index >= 15 is 0 Å². The summed E-state index contributed by atoms with van der Waals surface area (Å²) in [5.41, 5.74) is -0.372. The molecule has 18 heavy (non-hydrogen) atoms. The second-order valence-corrected chi connectivity index (χ2v) is 4.84. The third-order valence-electron chi connectivity index (χ3n) is 3.09. The van der Waals surface area contributed by atoms with Crippen molar-refractivity contribution in [2.75, 3.05) is 6.54 Å². The van der Waals surface area contributed by atoms with Gasteiger partial charge in [-0.15, -0.1) is 17.7 Å². The SMILES string of the molecule is CCCCCNC1(n2nnnc2S)C=CC=CC1. The zero-order valence-electron chi connectivity index (χ0n) is 10.6. The molecule has 1 heterocycles. The predicted octanol–water partition coefficient (Wildman–Crippen LogP) is 1.91. The molecule has 1 aliphatic carbocycles. The van der Waals surface area contributed by atoms with Crippen LogP contribution in [0.4, 0.5) is 0 Å². The van der Waals surface area contributed by atoms with Gasteiger partial charge in [0.25, 0.3) is 0 Å². The summed E-state index contributed by atoms with van der Waals surface area (Å²) in [6.45, 7) is 3.14. The highest BCUT2D eigenvalue weighted by Crippen LogP contribution is 2.24. The molecule has 0 saturated carbocycles. The predicted molar refractivity (Wildman–Crippen MR) is 73.5 cm³/mol. The minimum absolute atomic E-state index is 0.372. The summed E-state index contributed by atoms with van der Waals surface area (Å²) in [7, 11) is 0. The Balaban J connectivity index is 2.12. The van der Waals surface area contributed by atoms with Gasteiger partial charge in [0.05, 0.1) is 0 Å². The molecule has 0 aromatic carbocycles. The Hall–Kier alpha value is -1.14. The van der Waals surface area contributed by atoms with Crippen LogP contribution in [-0.4, -0.2) is 26.8 Å². The molecule has 0 fully saturated rings. The second-order valence-electron chi connectivity index (χ2n) is 4.44. The van der Waals surface area contributed by atoms with Crippen molar-refractivity contribution in [2.45, 2.75) is 43.4 Å². The maximum absolute atomic E-state index is 4.31. The molecule has 1 aromatic rings. The molecule has 6 heteroatoms. The van der Waals surface area contributed by atoms with Crippen molar-refractivity contribution < 1.29 is 0 Å². The number of nitrogens with zero attached hydrogens (tertiary/aromatic N) is 4. The van der Waals surface area contributed by atoms with Crippen molar-refractivity contribution in [2.24, 2.45) is 0 Å². The molecule has 2 rings (SSSR count). The van der Waals surface area contributed by atoms with Crippen LogP contribution in [0.2, 0.25) is 0 Å². The molecule has 0 amide bonds. The highest BCUT2D eigenvalue weighted by Gasteiger charge is 2.31. The van der Waals surface area contributed by atoms with Gasteiger partial charge in [-0.2, -0.15) is 4.68 Å². The lowest BCUT2D eigenvalue weighted by Crippen LogP contribution is -2.47. The molecule has 1 aliphatic rings. The summed E-state index contributed by atoms with van der Waals surface area (Å²) < 4.78 is 1.74. The number of aromatic nitrogens is 4. The van der Waals surface area contributed by atoms with Gasteiger partial charge in [0, 0.05) is 6.42 Å². The molecule has 0 spiro atoms. The number of nitrogens with one attached hydrogen (secondary N) is 1. The zero-order valence-corrected chi connectivity index (χ0v) is 11.5. The van der Waals surface area contributed by atoms with Crippen molar-refractivity contribution in [1.29, 1.82) is 0 Å². The van der Waals surface area contributed by atoms with E-state index in [1.807, 2.05) is 12.2 Å². The van der Waals surface area contributed by atoms with E-state index in [1.165, 1.54) is 12.8 Å². The Labute approximate surface area is 113 Å². The van der Waals surface area contributed by atoms with Crippen LogP contribution in [0.5, 0.6) is 0 Å². The van der Waals surface area contributed by atoms with E-state index in [-0.39, 0.29) is 5.66 Å². The van der Waals surface area contributed by atoms with Crippen LogP contribution in [-0.2, 0) is 5.66 Å². The van der Waals surface area contributed by atoms with Crippen molar-refractivity contribution in [3.63, 3.8) is 0 Å². The molecule has 1 unspecified atom stereocenters. The highest BCUT2D eigenvalue weighted by molar-refractivity contribution is 7.80. The molecule has 98 valence electrons. The first-order valence-corrected chi connectivity index (χ1v) is 6.80. The molecule has 0 bridgehead atoms. The number of thiol groups is 1. The largest absolute Gasteiger partial charge is 0.289 e. The van der Waals surface area contributed by atoms with Gasteiger partial charge in [0.1, 0.15) is 5.66 Å². The summed E-state index contributed by atoms with van der Waals surface area (Å²) in [6, 6.07) is 0. The van der Waals surface area contributed by atoms with E-state index in [0.29, 0.717) is 5.16 Å². The lowest BCUT2D eigenvalue weighted by Gasteiger charge is -2.32. The Kier molecular flexibility index (Phi) is 4.54. The molecule has 5 nitrogen and oxygen atoms in total. The van der Waals surface area contributed by atoms with E-state index in [4.69, 9.17) is 0 Å². The van der Waals surface area contributed by atoms with E-state index in [0.717, 1.165) is 19.4 Å². The fraction of sp³-hybridized carbons (Fsp3) is 0.583. The highest BCUT2D eigenvalue weighted by atomic mass is 32.1. The maximum Gasteiger partial charge on any atom is 0.208 e. The fourth-order valence-electron chi connectivity index (χ4n) is 2.09. The van der Waals surface area contributed by atoms with Crippen LogP contribution in [0.1, 0.15) is 32.6 Å². The first-order chi connectivity index (χ1) is 8.78. The fourth-order valence-corrected chi connectivity index (χ4v) is 2.35. The quantitative estimate of drug-likeness (QED) is 0.609. The average molecular weight is 265 g/mol. The van der Waals surface area contributed by atoms with Crippen LogP contribution in [0.25, 0.3) is 0 Å². The van der Waals surface area contributed by atoms with E-state index in [2.05, 4.69) is 52.5 Å². The molecule has 1 atom stereocenters. The van der Waals surface area contributed by atoms with E-state index in [1.54, 1.807) is 4.68 Å². The monoisotopic (exact) mass is 265 g/mol. The molecule has 0 saturated heterocycles. The normalized spacial score (nSPS) is 22.6. The van der Waals surface area contributed by atoms with Gasteiger partial charge >= 0.3 is 0 Å². The lowest BCUT2D eigenvalue weighted by molar-refractivity contribution is 0.236. The molecular formula is C12H19N5S. The Bertz CT molecular complexity index is 439. The van der Waals surface area contributed by atoms with Gasteiger partial charge < -0.3 is 0 Å². The van der Waals surface area contributed by atoms with E-state index < -0.39 is 0 Å². The smallest absolute Gasteiger partial charge is 0.208 e. The summed E-state index contributed by atoms with van der Waals surface area (Å²) in [5, 5.41) is 15.6. The first kappa shape index (κ1) is 13.3. The summed E-state index contributed by atoms with van der Waals surface area (Å²) in [5.74, 6) is 0. The van der Waals surface area contributed by atoms with Gasteiger partial charge in [-0.25, -0.2) is 0 Å². The van der Waals surface area contributed by atoms with Crippen molar-refractivity contribution in [3.8, 4) is 0 Å². The Morgan fingerprint density at radius 1 is 1.44 bits per heavy atom. The first-order valence-electron chi connectivity index (χ1n) is 6.36. The van der Waals surface area contributed by atoms with Crippen LogP contribution in [0.15, 0.2) is 29.5 Å². The minimum atomic E-state index is -0.372. The third kappa shape index (κ3) is 2.81. The van der Waals surface area contributed by atoms with Crippen molar-refractivity contribution in [1.82, 2.24) is 25.5 Å². The standard InChI is InChI=1S/C12H19N5S/c1-2-3-7-10-13-12(8-5-4-6-9-12)17-11(18)14-15-16-17/h4-6,8,13H,2-3,7,9-10H2,1H3,(H,14,16,18). The third-order valence-corrected chi connectivity index (χ3v) is 3.37. The average Bonchev–Trinajstić information content (AvgIpc) is 2.83. The maximum atomic E-state index is 4.31.